The van der Waals surface area contributed by atoms with Gasteiger partial charge in [-0.1, -0.05) is 36.1 Å². The van der Waals surface area contributed by atoms with Gasteiger partial charge in [0.25, 0.3) is 0 Å². The number of aryl methyl sites for hydroxylation is 3. The van der Waals surface area contributed by atoms with E-state index >= 15 is 0 Å². The van der Waals surface area contributed by atoms with Crippen molar-refractivity contribution < 1.29 is 112 Å². The van der Waals surface area contributed by atoms with E-state index in [4.69, 9.17) is 14.4 Å². The topological polar surface area (TPSA) is 215 Å². The van der Waals surface area contributed by atoms with Crippen LogP contribution >= 0.6 is 77.2 Å². The Kier molecular flexibility index (Phi) is 37.4. The maximum atomic E-state index is 11.4. The number of allylic oxidation sites excluding steroid dienone is 4. The molecule has 1 aliphatic heterocycles. The standard InChI is InChI=1S/C14H13N2OS.C13H19BO3S.C13H10BrN2OS.C13H12N2O2S.C7H6BrN2.C2H6.3CH4.4W.H2/c1-8(2)5-14-15-7-12(16-14)11-6-13(9(3)17)18-10(11)4;1-8(15)11-7-10(9(2)18-11)14-16-12(3,4)13(5,6)17-14;1-7(2)4-12-15-6-10(16-12)9-5-11(8(3)17)18-13(9)14;1-7(2)4-12-14-6-10(15-12)9-5-11(13(16)17)18-8(9)3;1-5(2)3-7-9-4-6(8)10-7;1-2;;;;;;;;/h1,5-7H,2-4H3;7H,1-6H3;1,4-6H,2-3H3;1,4-6H,2-3H3,(H2,14,15,16,17);1,3-4H,2H3;1-2H3;3*1H4;;;;;1H/q-1;;-1;;-1;;;;;;;;;/p-1/i;;;;;;;;;;;;;1+1. The molecule has 0 aromatic carbocycles. The minimum absolute atomic E-state index is 0. The predicted octanol–water partition coefficient (Wildman–Crippen LogP) is 16.3. The molecule has 8 aromatic rings. The molecule has 15 nitrogen and oxygen atoms in total. The van der Waals surface area contributed by atoms with Crippen molar-refractivity contribution in [3.63, 3.8) is 0 Å². The third kappa shape index (κ3) is 25.4. The smallest absolute Gasteiger partial charge is 0 e. The summed E-state index contributed by atoms with van der Waals surface area (Å²) in [5.74, 6) is 2.20. The Morgan fingerprint density at radius 3 is 1.12 bits per heavy atom. The fourth-order valence-corrected chi connectivity index (χ4v) is 12.8. The molecule has 0 saturated carbocycles. The number of carboxylic acids is 1. The molecule has 1 N–H and O–H groups in total. The van der Waals surface area contributed by atoms with Crippen molar-refractivity contribution in [3.8, 4) is 33.8 Å². The number of hydrogen-bond acceptors (Lipinski definition) is 14. The van der Waals surface area contributed by atoms with Crippen LogP contribution in [0.15, 0.2) is 79.7 Å². The third-order valence-electron chi connectivity index (χ3n) is 12.4. The van der Waals surface area contributed by atoms with E-state index in [0.717, 1.165) is 99.7 Å². The largest absolute Gasteiger partial charge is 0 e. The number of ketones is 3. The number of imidazole rings is 4. The number of hydrogen-bond donors (Lipinski definition) is 1. The summed E-state index contributed by atoms with van der Waals surface area (Å²) < 4.78 is 22.0. The number of carbonyl (C=O) groups is 4. The molecule has 1 saturated heterocycles. The van der Waals surface area contributed by atoms with Crippen LogP contribution in [0.25, 0.3) is 58.1 Å². The second-order valence-electron chi connectivity index (χ2n) is 20.1. The normalized spacial score (nSPS) is 13.0. The zero-order valence-corrected chi connectivity index (χ0v) is 69.5. The van der Waals surface area contributed by atoms with Crippen molar-refractivity contribution in [2.45, 2.75) is 144 Å². The van der Waals surface area contributed by atoms with Crippen LogP contribution in [-0.2, 0) is 86.7 Å². The van der Waals surface area contributed by atoms with E-state index in [9.17, 15) is 19.2 Å². The summed E-state index contributed by atoms with van der Waals surface area (Å²) in [5, 5.41) is 8.99. The average molecular weight is 2120 g/mol. The molecule has 1 fully saturated rings. The van der Waals surface area contributed by atoms with E-state index in [0.29, 0.717) is 16.5 Å². The zero-order valence-electron chi connectivity index (χ0n) is 51.3. The quantitative estimate of drug-likeness (QED) is 0.0703. The van der Waals surface area contributed by atoms with Gasteiger partial charge in [-0.25, -0.2) is 0 Å². The number of carbonyl (C=O) groups excluding carboxylic acids is 3. The minimum Gasteiger partial charge on any atom is 0 e. The monoisotopic (exact) mass is 2120 g/mol. The first-order chi connectivity index (χ1) is 41.4. The average Bonchev–Trinajstić information content (AvgIpc) is 1.64. The maximum Gasteiger partial charge on any atom is 0 e. The van der Waals surface area contributed by atoms with Crippen LogP contribution in [0.2, 0.25) is 0 Å². The maximum absolute atomic E-state index is 11.4. The minimum atomic E-state index is -0.904. The van der Waals surface area contributed by atoms with E-state index in [1.165, 1.54) is 134 Å². The van der Waals surface area contributed by atoms with E-state index < -0.39 is 5.97 Å². The van der Waals surface area contributed by atoms with Gasteiger partial charge in [-0.3, -0.25) is 4.79 Å². The second kappa shape index (κ2) is 40.0. The van der Waals surface area contributed by atoms with Gasteiger partial charge in [-0.15, -0.1) is 11.3 Å². The predicted molar refractivity (Wildman–Crippen MR) is 379 cm³/mol. The summed E-state index contributed by atoms with van der Waals surface area (Å²) >= 11 is 18.1. The first-order valence-electron chi connectivity index (χ1n) is 26.8. The van der Waals surface area contributed by atoms with Gasteiger partial charge in [0, 0.05) is 6.30 Å². The molecule has 0 bridgehead atoms. The van der Waals surface area contributed by atoms with Gasteiger partial charge in [0.2, 0.25) is 0 Å². The Bertz CT molecular complexity index is 3660. The molecule has 0 aliphatic carbocycles. The number of Topliss-reactive ketones (excluding diaryl/α,β-unsaturated/α-hetero) is 3. The van der Waals surface area contributed by atoms with Crippen LogP contribution < -0.4 is 25.4 Å². The molecule has 91 heavy (non-hydrogen) atoms. The van der Waals surface area contributed by atoms with Gasteiger partial charge >= 0.3 is 480 Å². The number of aromatic nitrogens is 8. The number of nitrogens with zero attached hydrogens (tertiary/aromatic N) is 8. The number of halogens is 2. The first-order valence-corrected chi connectivity index (χ1v) is 38.4. The van der Waals surface area contributed by atoms with E-state index in [1.807, 2.05) is 133 Å². The summed E-state index contributed by atoms with van der Waals surface area (Å²) in [7, 11) is -0.376. The molecule has 9 heterocycles. The van der Waals surface area contributed by atoms with Gasteiger partial charge in [-0.05, 0) is 53.1 Å². The Labute approximate surface area is 615 Å². The van der Waals surface area contributed by atoms with Crippen molar-refractivity contribution in [3.05, 3.63) is 137 Å². The van der Waals surface area contributed by atoms with Crippen LogP contribution in [-0.4, -0.2) is 84.3 Å². The molecule has 0 atom stereocenters. The molecule has 0 spiro atoms. The van der Waals surface area contributed by atoms with Crippen molar-refractivity contribution in [1.82, 2.24) is 39.9 Å². The van der Waals surface area contributed by atoms with Crippen molar-refractivity contribution >= 4 is 155 Å². The summed E-state index contributed by atoms with van der Waals surface area (Å²) in [6.07, 6.45) is 14.7. The molecular formula is C65H79BBr2N8O7S4W4-4. The Morgan fingerprint density at radius 1 is 0.505 bits per heavy atom. The fourth-order valence-electron chi connectivity index (χ4n) is 7.17. The molecule has 0 unspecified atom stereocenters. The fraction of sp³-hybridized carbons (Fsp3) is 0.323. The van der Waals surface area contributed by atoms with E-state index in [2.05, 4.69) is 89.3 Å². The summed E-state index contributed by atoms with van der Waals surface area (Å²) in [6, 6.07) is 7.31. The van der Waals surface area contributed by atoms with Crippen molar-refractivity contribution in [2.75, 3.05) is 0 Å². The second-order valence-corrected chi connectivity index (χ2v) is 30.4. The Morgan fingerprint density at radius 2 is 0.813 bits per heavy atom. The third-order valence-corrected chi connectivity index (χ3v) is 23.4. The molecular weight excluding hydrogens is 2040 g/mol. The summed E-state index contributed by atoms with van der Waals surface area (Å²) in [6.45, 7) is 30.8. The Balaban J connectivity index is 0.00000112. The Hall–Kier alpha value is -3.74. The van der Waals surface area contributed by atoms with Gasteiger partial charge in [0.15, 0.2) is 5.78 Å². The molecule has 26 heteroatoms. The number of aromatic carboxylic acids is 1. The molecule has 9 rings (SSSR count). The SMILES string of the molecule is C.C.C.CC.CC(=O)c1cc(-c2cnc(C=C(C)[CH]=[W])[n-]2)c(Br)s1.CC(=O)c1cc(-c2cnc(C=C(C)[CH]=[W])[n-]2)c(C)s1.CC(=O)c1cc(B2OC(C)(C)C(C)(C)O2)c(C)s1.CC([CH]=[W])=Cc1ncc(-c2cc(C(=O)O)sc2C)[n-]1.CC([CH]=[W])=Cc1ncc(Br)[n-]1.[2HH]. The summed E-state index contributed by atoms with van der Waals surface area (Å²) in [4.78, 5) is 85.2. The number of thiophene rings is 4. The van der Waals surface area contributed by atoms with Crippen LogP contribution in [0, 0.1) is 20.8 Å². The number of carboxylic acid groups (broad SMARTS) is 1. The zero-order chi connectivity index (χ0) is 66.0. The van der Waals surface area contributed by atoms with E-state index in [-0.39, 0.29) is 59.4 Å². The molecule has 8 aromatic heterocycles. The molecule has 1 aliphatic rings. The van der Waals surface area contributed by atoms with Crippen LogP contribution in [0.3, 0.4) is 0 Å². The van der Waals surface area contributed by atoms with Crippen LogP contribution in [0.1, 0.15) is 190 Å². The van der Waals surface area contributed by atoms with Crippen LogP contribution in [0.5, 0.6) is 0 Å². The van der Waals surface area contributed by atoms with Crippen molar-refractivity contribution in [2.24, 2.45) is 0 Å². The van der Waals surface area contributed by atoms with Gasteiger partial charge < -0.3 is 9.31 Å². The molecule has 0 amide bonds. The molecule has 490 valence electrons. The van der Waals surface area contributed by atoms with Gasteiger partial charge in [-0.2, -0.15) is 0 Å². The molecule has 0 radical (unpaired) electrons. The first kappa shape index (κ1) is 85.3. The van der Waals surface area contributed by atoms with Crippen molar-refractivity contribution in [1.29, 1.82) is 0 Å². The number of rotatable bonds is 16. The van der Waals surface area contributed by atoms with Crippen LogP contribution in [0.4, 0.5) is 0 Å². The van der Waals surface area contributed by atoms with E-state index in [1.54, 1.807) is 51.6 Å². The van der Waals surface area contributed by atoms with Gasteiger partial charge in [0.05, 0.1) is 16.1 Å². The van der Waals surface area contributed by atoms with Gasteiger partial charge in [0.1, 0.15) is 0 Å². The summed E-state index contributed by atoms with van der Waals surface area (Å²) in [5.41, 5.74) is 10.1.